The summed E-state index contributed by atoms with van der Waals surface area (Å²) in [6, 6.07) is 14.1. The molecule has 2 aromatic carbocycles. The molecule has 1 saturated heterocycles. The van der Waals surface area contributed by atoms with Crippen molar-refractivity contribution in [2.24, 2.45) is 0 Å². The summed E-state index contributed by atoms with van der Waals surface area (Å²) in [5, 5.41) is 3.42. The number of nitrogens with one attached hydrogen (secondary N) is 1. The summed E-state index contributed by atoms with van der Waals surface area (Å²) >= 11 is 0. The van der Waals surface area contributed by atoms with Crippen LogP contribution < -0.4 is 10.2 Å². The van der Waals surface area contributed by atoms with Crippen LogP contribution in [-0.2, 0) is 0 Å². The fourth-order valence-electron chi connectivity index (χ4n) is 2.86. The number of benzene rings is 2. The van der Waals surface area contributed by atoms with Crippen molar-refractivity contribution in [1.82, 2.24) is 5.32 Å². The SMILES string of the molecule is CC1CN(c2ccc(F)cc2F)C(c2ccccc2)CN1. The lowest BCUT2D eigenvalue weighted by Crippen LogP contribution is -2.51. The Hall–Kier alpha value is -1.94. The highest BCUT2D eigenvalue weighted by Crippen LogP contribution is 2.31. The van der Waals surface area contributed by atoms with Crippen LogP contribution in [0.15, 0.2) is 48.5 Å². The van der Waals surface area contributed by atoms with Gasteiger partial charge in [0, 0.05) is 25.2 Å². The van der Waals surface area contributed by atoms with Crippen molar-refractivity contribution in [3.8, 4) is 0 Å². The summed E-state index contributed by atoms with van der Waals surface area (Å²) in [5.74, 6) is -1.05. The Balaban J connectivity index is 1.98. The second-order valence-corrected chi connectivity index (χ2v) is 5.48. The van der Waals surface area contributed by atoms with Gasteiger partial charge in [0.15, 0.2) is 0 Å². The Morgan fingerprint density at radius 3 is 2.57 bits per heavy atom. The average Bonchev–Trinajstić information content (AvgIpc) is 2.48. The van der Waals surface area contributed by atoms with Gasteiger partial charge in [0.25, 0.3) is 0 Å². The van der Waals surface area contributed by atoms with E-state index in [4.69, 9.17) is 0 Å². The minimum Gasteiger partial charge on any atom is -0.359 e. The molecule has 2 atom stereocenters. The van der Waals surface area contributed by atoms with Crippen LogP contribution in [0.1, 0.15) is 18.5 Å². The van der Waals surface area contributed by atoms with E-state index >= 15 is 0 Å². The molecule has 1 fully saturated rings. The molecule has 1 heterocycles. The maximum Gasteiger partial charge on any atom is 0.149 e. The molecule has 2 unspecified atom stereocenters. The van der Waals surface area contributed by atoms with E-state index < -0.39 is 11.6 Å². The van der Waals surface area contributed by atoms with Crippen molar-refractivity contribution >= 4 is 5.69 Å². The van der Waals surface area contributed by atoms with Crippen molar-refractivity contribution in [3.63, 3.8) is 0 Å². The first kappa shape index (κ1) is 14.0. The van der Waals surface area contributed by atoms with Crippen molar-refractivity contribution in [2.75, 3.05) is 18.0 Å². The topological polar surface area (TPSA) is 15.3 Å². The lowest BCUT2D eigenvalue weighted by Gasteiger charge is -2.41. The monoisotopic (exact) mass is 288 g/mol. The third-order valence-corrected chi connectivity index (χ3v) is 3.91. The highest BCUT2D eigenvalue weighted by atomic mass is 19.1. The van der Waals surface area contributed by atoms with Crippen LogP contribution in [0.2, 0.25) is 0 Å². The van der Waals surface area contributed by atoms with Crippen molar-refractivity contribution < 1.29 is 8.78 Å². The van der Waals surface area contributed by atoms with Crippen LogP contribution in [0.4, 0.5) is 14.5 Å². The zero-order valence-corrected chi connectivity index (χ0v) is 11.9. The van der Waals surface area contributed by atoms with Gasteiger partial charge in [-0.1, -0.05) is 30.3 Å². The number of halogens is 2. The Labute approximate surface area is 123 Å². The van der Waals surface area contributed by atoms with Crippen molar-refractivity contribution in [1.29, 1.82) is 0 Å². The predicted molar refractivity (Wildman–Crippen MR) is 80.4 cm³/mol. The number of hydrogen-bond acceptors (Lipinski definition) is 2. The lowest BCUT2D eigenvalue weighted by molar-refractivity contribution is 0.411. The third-order valence-electron chi connectivity index (χ3n) is 3.91. The molecule has 3 rings (SSSR count). The maximum absolute atomic E-state index is 14.1. The number of piperazine rings is 1. The largest absolute Gasteiger partial charge is 0.359 e. The van der Waals surface area contributed by atoms with E-state index in [9.17, 15) is 8.78 Å². The zero-order chi connectivity index (χ0) is 14.8. The first-order chi connectivity index (χ1) is 10.1. The van der Waals surface area contributed by atoms with Crippen LogP contribution in [0, 0.1) is 11.6 Å². The van der Waals surface area contributed by atoms with Gasteiger partial charge in [-0.2, -0.15) is 0 Å². The van der Waals surface area contributed by atoms with Gasteiger partial charge >= 0.3 is 0 Å². The number of nitrogens with zero attached hydrogens (tertiary/aromatic N) is 1. The van der Waals surface area contributed by atoms with Crippen molar-refractivity contribution in [3.05, 3.63) is 65.7 Å². The number of rotatable bonds is 2. The lowest BCUT2D eigenvalue weighted by atomic mass is 10.0. The summed E-state index contributed by atoms with van der Waals surface area (Å²) in [6.45, 7) is 3.49. The number of hydrogen-bond donors (Lipinski definition) is 1. The number of anilines is 1. The highest BCUT2D eigenvalue weighted by Gasteiger charge is 2.28. The van der Waals surface area contributed by atoms with E-state index in [1.165, 1.54) is 12.1 Å². The Bertz CT molecular complexity index is 615. The Morgan fingerprint density at radius 1 is 1.10 bits per heavy atom. The molecule has 0 spiro atoms. The molecule has 1 N–H and O–H groups in total. The second kappa shape index (κ2) is 5.82. The van der Waals surface area contributed by atoms with Crippen LogP contribution in [-0.4, -0.2) is 19.1 Å². The first-order valence-electron chi connectivity index (χ1n) is 7.15. The quantitative estimate of drug-likeness (QED) is 0.910. The van der Waals surface area contributed by atoms with Gasteiger partial charge in [0.05, 0.1) is 11.7 Å². The molecule has 2 nitrogen and oxygen atoms in total. The van der Waals surface area contributed by atoms with Gasteiger partial charge in [-0.15, -0.1) is 0 Å². The molecule has 4 heteroatoms. The van der Waals surface area contributed by atoms with Crippen LogP contribution in [0.5, 0.6) is 0 Å². The molecular weight excluding hydrogens is 270 g/mol. The summed E-state index contributed by atoms with van der Waals surface area (Å²) in [6.07, 6.45) is 0. The average molecular weight is 288 g/mol. The highest BCUT2D eigenvalue weighted by molar-refractivity contribution is 5.51. The Morgan fingerprint density at radius 2 is 1.86 bits per heavy atom. The molecule has 1 aliphatic rings. The van der Waals surface area contributed by atoms with E-state index in [0.29, 0.717) is 12.2 Å². The van der Waals surface area contributed by atoms with Crippen molar-refractivity contribution in [2.45, 2.75) is 19.0 Å². The fraction of sp³-hybridized carbons (Fsp3) is 0.294. The minimum atomic E-state index is -0.546. The van der Waals surface area contributed by atoms with E-state index in [1.54, 1.807) is 0 Å². The standard InChI is InChI=1S/C17H18F2N2/c1-12-11-21(16-8-7-14(18)9-15(16)19)17(10-20-12)13-5-3-2-4-6-13/h2-9,12,17,20H,10-11H2,1H3. The van der Waals surface area contributed by atoms with Gasteiger partial charge in [-0.05, 0) is 24.6 Å². The molecular formula is C17H18F2N2. The molecule has 1 aliphatic heterocycles. The van der Waals surface area contributed by atoms with E-state index in [2.05, 4.69) is 12.2 Å². The molecule has 0 amide bonds. The molecule has 2 aromatic rings. The van der Waals surface area contributed by atoms with Gasteiger partial charge in [0.2, 0.25) is 0 Å². The molecule has 0 aliphatic carbocycles. The molecule has 110 valence electrons. The van der Waals surface area contributed by atoms with Crippen LogP contribution in [0.3, 0.4) is 0 Å². The Kier molecular flexibility index (Phi) is 3.88. The third kappa shape index (κ3) is 2.90. The molecule has 0 bridgehead atoms. The van der Waals surface area contributed by atoms with E-state index in [-0.39, 0.29) is 12.1 Å². The minimum absolute atomic E-state index is 0.0439. The van der Waals surface area contributed by atoms with E-state index in [1.807, 2.05) is 35.2 Å². The van der Waals surface area contributed by atoms with Gasteiger partial charge < -0.3 is 10.2 Å². The smallest absolute Gasteiger partial charge is 0.149 e. The van der Waals surface area contributed by atoms with Gasteiger partial charge in [-0.25, -0.2) is 8.78 Å². The molecule has 21 heavy (non-hydrogen) atoms. The molecule has 0 saturated carbocycles. The maximum atomic E-state index is 14.1. The summed E-state index contributed by atoms with van der Waals surface area (Å²) < 4.78 is 27.3. The fourth-order valence-corrected chi connectivity index (χ4v) is 2.86. The van der Waals surface area contributed by atoms with Crippen LogP contribution >= 0.6 is 0 Å². The van der Waals surface area contributed by atoms with Crippen LogP contribution in [0.25, 0.3) is 0 Å². The predicted octanol–water partition coefficient (Wildman–Crippen LogP) is 3.50. The van der Waals surface area contributed by atoms with E-state index in [0.717, 1.165) is 18.2 Å². The summed E-state index contributed by atoms with van der Waals surface area (Å²) in [5.41, 5.74) is 1.58. The normalized spacial score (nSPS) is 22.3. The summed E-state index contributed by atoms with van der Waals surface area (Å²) in [4.78, 5) is 2.02. The second-order valence-electron chi connectivity index (χ2n) is 5.48. The van der Waals surface area contributed by atoms with Gasteiger partial charge in [0.1, 0.15) is 11.6 Å². The zero-order valence-electron chi connectivity index (χ0n) is 11.9. The molecule has 0 radical (unpaired) electrons. The first-order valence-corrected chi connectivity index (χ1v) is 7.15. The van der Waals surface area contributed by atoms with Gasteiger partial charge in [-0.3, -0.25) is 0 Å². The summed E-state index contributed by atoms with van der Waals surface area (Å²) in [7, 11) is 0. The molecule has 0 aromatic heterocycles.